The van der Waals surface area contributed by atoms with E-state index in [9.17, 15) is 4.79 Å². The molecule has 2 nitrogen and oxygen atoms in total. The van der Waals surface area contributed by atoms with E-state index in [1.807, 2.05) is 31.2 Å². The summed E-state index contributed by atoms with van der Waals surface area (Å²) in [6.45, 7) is 4.27. The van der Waals surface area contributed by atoms with Crippen molar-refractivity contribution in [2.45, 2.75) is 13.8 Å². The van der Waals surface area contributed by atoms with Gasteiger partial charge >= 0.3 is 5.97 Å². The third-order valence-electron chi connectivity index (χ3n) is 2.51. The van der Waals surface area contributed by atoms with Crippen LogP contribution in [0.2, 0.25) is 0 Å². The molecule has 0 unspecified atom stereocenters. The molecule has 2 aromatic rings. The van der Waals surface area contributed by atoms with E-state index < -0.39 is 0 Å². The number of carbonyl (C=O) groups excluding carboxylic acids is 1. The maximum absolute atomic E-state index is 11.5. The SMILES string of the molecule is CCOC(=O)c1ccc2cc(C)ccc2c1. The van der Waals surface area contributed by atoms with E-state index in [-0.39, 0.29) is 5.97 Å². The highest BCUT2D eigenvalue weighted by atomic mass is 16.5. The van der Waals surface area contributed by atoms with Gasteiger partial charge in [0.1, 0.15) is 0 Å². The Balaban J connectivity index is 2.44. The summed E-state index contributed by atoms with van der Waals surface area (Å²) in [5.41, 5.74) is 1.83. The Hall–Kier alpha value is -1.83. The van der Waals surface area contributed by atoms with Gasteiger partial charge in [0.2, 0.25) is 0 Å². The lowest BCUT2D eigenvalue weighted by atomic mass is 10.0. The van der Waals surface area contributed by atoms with Crippen LogP contribution >= 0.6 is 0 Å². The van der Waals surface area contributed by atoms with Gasteiger partial charge in [0.15, 0.2) is 0 Å². The predicted molar refractivity (Wildman–Crippen MR) is 64.6 cm³/mol. The van der Waals surface area contributed by atoms with Gasteiger partial charge in [-0.15, -0.1) is 0 Å². The lowest BCUT2D eigenvalue weighted by molar-refractivity contribution is 0.0526. The molecule has 0 aliphatic heterocycles. The number of hydrogen-bond donors (Lipinski definition) is 0. The Labute approximate surface area is 94.8 Å². The van der Waals surface area contributed by atoms with E-state index in [4.69, 9.17) is 4.74 Å². The van der Waals surface area contributed by atoms with Crippen molar-refractivity contribution in [1.29, 1.82) is 0 Å². The number of esters is 1. The third kappa shape index (κ3) is 2.06. The molecule has 0 heterocycles. The fourth-order valence-electron chi connectivity index (χ4n) is 1.71. The predicted octanol–water partition coefficient (Wildman–Crippen LogP) is 3.32. The fourth-order valence-corrected chi connectivity index (χ4v) is 1.71. The summed E-state index contributed by atoms with van der Waals surface area (Å²) in [7, 11) is 0. The zero-order chi connectivity index (χ0) is 11.5. The molecule has 0 radical (unpaired) electrons. The van der Waals surface area contributed by atoms with Crippen LogP contribution in [-0.2, 0) is 4.74 Å². The van der Waals surface area contributed by atoms with Gasteiger partial charge in [-0.1, -0.05) is 29.8 Å². The molecule has 0 aromatic heterocycles. The molecule has 2 aromatic carbocycles. The standard InChI is InChI=1S/C14H14O2/c1-3-16-14(15)13-7-6-11-8-10(2)4-5-12(11)9-13/h4-9H,3H2,1-2H3. The van der Waals surface area contributed by atoms with Crippen molar-refractivity contribution in [2.24, 2.45) is 0 Å². The molecule has 2 rings (SSSR count). The number of ether oxygens (including phenoxy) is 1. The quantitative estimate of drug-likeness (QED) is 0.717. The van der Waals surface area contributed by atoms with Crippen molar-refractivity contribution in [3.63, 3.8) is 0 Å². The Bertz CT molecular complexity index is 529. The monoisotopic (exact) mass is 214 g/mol. The highest BCUT2D eigenvalue weighted by molar-refractivity contribution is 5.95. The van der Waals surface area contributed by atoms with Crippen LogP contribution in [0.3, 0.4) is 0 Å². The summed E-state index contributed by atoms with van der Waals surface area (Å²) in [6, 6.07) is 11.8. The topological polar surface area (TPSA) is 26.3 Å². The third-order valence-corrected chi connectivity index (χ3v) is 2.51. The van der Waals surface area contributed by atoms with Crippen LogP contribution in [0.5, 0.6) is 0 Å². The van der Waals surface area contributed by atoms with E-state index in [1.165, 1.54) is 5.56 Å². The number of aryl methyl sites for hydroxylation is 1. The molecule has 0 bridgehead atoms. The van der Waals surface area contributed by atoms with Crippen LogP contribution in [0.4, 0.5) is 0 Å². The largest absolute Gasteiger partial charge is 0.462 e. The van der Waals surface area contributed by atoms with Crippen molar-refractivity contribution in [3.05, 3.63) is 47.5 Å². The lowest BCUT2D eigenvalue weighted by Gasteiger charge is -2.04. The van der Waals surface area contributed by atoms with Crippen molar-refractivity contribution >= 4 is 16.7 Å². The minimum atomic E-state index is -0.259. The van der Waals surface area contributed by atoms with Gasteiger partial charge in [-0.05, 0) is 36.8 Å². The van der Waals surface area contributed by atoms with Gasteiger partial charge in [-0.3, -0.25) is 0 Å². The highest BCUT2D eigenvalue weighted by Gasteiger charge is 2.06. The Morgan fingerprint density at radius 1 is 1.12 bits per heavy atom. The zero-order valence-corrected chi connectivity index (χ0v) is 9.49. The highest BCUT2D eigenvalue weighted by Crippen LogP contribution is 2.18. The Morgan fingerprint density at radius 3 is 2.56 bits per heavy atom. The van der Waals surface area contributed by atoms with Crippen LogP contribution < -0.4 is 0 Å². The molecule has 0 spiro atoms. The molecule has 16 heavy (non-hydrogen) atoms. The second kappa shape index (κ2) is 4.35. The average Bonchev–Trinajstić information content (AvgIpc) is 2.28. The molecule has 0 saturated carbocycles. The molecule has 82 valence electrons. The van der Waals surface area contributed by atoms with Gasteiger partial charge in [-0.25, -0.2) is 4.79 Å². The number of fused-ring (bicyclic) bond motifs is 1. The summed E-state index contributed by atoms with van der Waals surface area (Å²) >= 11 is 0. The molecule has 0 N–H and O–H groups in total. The van der Waals surface area contributed by atoms with Gasteiger partial charge in [0.05, 0.1) is 12.2 Å². The molecule has 0 atom stereocenters. The van der Waals surface area contributed by atoms with E-state index in [0.717, 1.165) is 10.8 Å². The number of rotatable bonds is 2. The average molecular weight is 214 g/mol. The summed E-state index contributed by atoms with van der Waals surface area (Å²) in [5, 5.41) is 2.21. The minimum Gasteiger partial charge on any atom is -0.462 e. The Morgan fingerprint density at radius 2 is 1.81 bits per heavy atom. The summed E-state index contributed by atoms with van der Waals surface area (Å²) in [6.07, 6.45) is 0. The minimum absolute atomic E-state index is 0.259. The van der Waals surface area contributed by atoms with Crippen LogP contribution in [0.1, 0.15) is 22.8 Å². The first kappa shape index (κ1) is 10.7. The molecular weight excluding hydrogens is 200 g/mol. The maximum atomic E-state index is 11.5. The van der Waals surface area contributed by atoms with Crippen molar-refractivity contribution in [3.8, 4) is 0 Å². The van der Waals surface area contributed by atoms with Gasteiger partial charge in [-0.2, -0.15) is 0 Å². The molecule has 0 aliphatic carbocycles. The fraction of sp³-hybridized carbons (Fsp3) is 0.214. The first-order valence-corrected chi connectivity index (χ1v) is 5.38. The lowest BCUT2D eigenvalue weighted by Crippen LogP contribution is -2.04. The molecule has 2 heteroatoms. The van der Waals surface area contributed by atoms with Crippen LogP contribution in [0.25, 0.3) is 10.8 Å². The van der Waals surface area contributed by atoms with Crippen LogP contribution in [-0.4, -0.2) is 12.6 Å². The summed E-state index contributed by atoms with van der Waals surface area (Å²) < 4.78 is 4.96. The normalized spacial score (nSPS) is 10.4. The molecule has 0 amide bonds. The van der Waals surface area contributed by atoms with Gasteiger partial charge in [0, 0.05) is 0 Å². The molecular formula is C14H14O2. The van der Waals surface area contributed by atoms with Crippen LogP contribution in [0.15, 0.2) is 36.4 Å². The first-order chi connectivity index (χ1) is 7.70. The second-order valence-corrected chi connectivity index (χ2v) is 3.79. The number of benzene rings is 2. The maximum Gasteiger partial charge on any atom is 0.338 e. The smallest absolute Gasteiger partial charge is 0.338 e. The molecule has 0 aliphatic rings. The van der Waals surface area contributed by atoms with Gasteiger partial charge in [0.25, 0.3) is 0 Å². The summed E-state index contributed by atoms with van der Waals surface area (Å²) in [5.74, 6) is -0.259. The second-order valence-electron chi connectivity index (χ2n) is 3.79. The van der Waals surface area contributed by atoms with Crippen molar-refractivity contribution in [1.82, 2.24) is 0 Å². The Kier molecular flexibility index (Phi) is 2.91. The van der Waals surface area contributed by atoms with E-state index in [2.05, 4.69) is 13.0 Å². The summed E-state index contributed by atoms with van der Waals surface area (Å²) in [4.78, 5) is 11.5. The first-order valence-electron chi connectivity index (χ1n) is 5.38. The van der Waals surface area contributed by atoms with Gasteiger partial charge < -0.3 is 4.74 Å². The molecule has 0 fully saturated rings. The number of hydrogen-bond acceptors (Lipinski definition) is 2. The molecule has 0 saturated heterocycles. The van der Waals surface area contributed by atoms with Crippen molar-refractivity contribution < 1.29 is 9.53 Å². The van der Waals surface area contributed by atoms with Crippen LogP contribution in [0, 0.1) is 6.92 Å². The van der Waals surface area contributed by atoms with E-state index in [0.29, 0.717) is 12.2 Å². The zero-order valence-electron chi connectivity index (χ0n) is 9.49. The van der Waals surface area contributed by atoms with E-state index >= 15 is 0 Å². The number of carbonyl (C=O) groups is 1. The van der Waals surface area contributed by atoms with Crippen molar-refractivity contribution in [2.75, 3.05) is 6.61 Å². The van der Waals surface area contributed by atoms with E-state index in [1.54, 1.807) is 6.07 Å².